The van der Waals surface area contributed by atoms with Gasteiger partial charge in [-0.15, -0.1) is 0 Å². The van der Waals surface area contributed by atoms with E-state index in [1.807, 2.05) is 12.1 Å². The summed E-state index contributed by atoms with van der Waals surface area (Å²) in [5, 5.41) is 13.2. The molecule has 1 aliphatic heterocycles. The van der Waals surface area contributed by atoms with Gasteiger partial charge >= 0.3 is 0 Å². The molecule has 0 amide bonds. The number of likely N-dealkylation sites (tertiary alicyclic amines) is 1. The summed E-state index contributed by atoms with van der Waals surface area (Å²) < 4.78 is 0. The van der Waals surface area contributed by atoms with Crippen LogP contribution in [0, 0.1) is 5.92 Å². The van der Waals surface area contributed by atoms with E-state index in [4.69, 9.17) is 11.6 Å². The Morgan fingerprint density at radius 2 is 2.33 bits per heavy atom. The number of hydrogen-bond donors (Lipinski definition) is 2. The Kier molecular flexibility index (Phi) is 4.87. The fourth-order valence-corrected chi connectivity index (χ4v) is 2.72. The maximum atomic E-state index is 9.34. The van der Waals surface area contributed by atoms with E-state index >= 15 is 0 Å². The lowest BCUT2D eigenvalue weighted by Crippen LogP contribution is -2.37. The summed E-state index contributed by atoms with van der Waals surface area (Å²) in [7, 11) is 2.19. The predicted molar refractivity (Wildman–Crippen MR) is 75.0 cm³/mol. The highest BCUT2D eigenvalue weighted by molar-refractivity contribution is 6.32. The Hall–Kier alpha value is -0.770. The van der Waals surface area contributed by atoms with Gasteiger partial charge in [-0.25, -0.2) is 0 Å². The van der Waals surface area contributed by atoms with Crippen molar-refractivity contribution in [2.45, 2.75) is 19.4 Å². The summed E-state index contributed by atoms with van der Waals surface area (Å²) in [6.07, 6.45) is 2.61. The van der Waals surface area contributed by atoms with Gasteiger partial charge in [-0.2, -0.15) is 0 Å². The van der Waals surface area contributed by atoms with Gasteiger partial charge in [0.2, 0.25) is 0 Å². The van der Waals surface area contributed by atoms with Gasteiger partial charge in [0.05, 0.1) is 5.02 Å². The van der Waals surface area contributed by atoms with Crippen LogP contribution in [0.3, 0.4) is 0 Å². The van der Waals surface area contributed by atoms with E-state index in [2.05, 4.69) is 17.3 Å². The molecule has 1 heterocycles. The van der Waals surface area contributed by atoms with Crippen molar-refractivity contribution in [1.29, 1.82) is 0 Å². The largest absolute Gasteiger partial charge is 0.506 e. The number of aromatic hydroxyl groups is 1. The van der Waals surface area contributed by atoms with Gasteiger partial charge in [0, 0.05) is 13.1 Å². The van der Waals surface area contributed by atoms with Crippen LogP contribution in [-0.2, 0) is 6.54 Å². The summed E-state index contributed by atoms with van der Waals surface area (Å²) in [4.78, 5) is 2.40. The lowest BCUT2D eigenvalue weighted by atomic mass is 9.98. The molecule has 1 aliphatic rings. The number of rotatable bonds is 4. The van der Waals surface area contributed by atoms with Crippen molar-refractivity contribution < 1.29 is 5.11 Å². The number of nitrogens with one attached hydrogen (secondary N) is 1. The zero-order valence-corrected chi connectivity index (χ0v) is 11.6. The van der Waals surface area contributed by atoms with Crippen molar-refractivity contribution in [3.63, 3.8) is 0 Å². The third-order valence-electron chi connectivity index (χ3n) is 3.50. The minimum atomic E-state index is 0.148. The van der Waals surface area contributed by atoms with Crippen LogP contribution in [0.5, 0.6) is 5.75 Å². The maximum absolute atomic E-state index is 9.34. The van der Waals surface area contributed by atoms with Gasteiger partial charge in [-0.3, -0.25) is 0 Å². The van der Waals surface area contributed by atoms with Gasteiger partial charge in [-0.1, -0.05) is 17.7 Å². The molecule has 2 N–H and O–H groups in total. The Labute approximate surface area is 114 Å². The molecule has 100 valence electrons. The third-order valence-corrected chi connectivity index (χ3v) is 3.80. The predicted octanol–water partition coefficient (Wildman–Crippen LogP) is 2.48. The highest BCUT2D eigenvalue weighted by Gasteiger charge is 2.16. The topological polar surface area (TPSA) is 35.5 Å². The Bertz CT molecular complexity index is 397. The molecule has 1 aromatic carbocycles. The second-order valence-corrected chi connectivity index (χ2v) is 5.59. The van der Waals surface area contributed by atoms with Crippen LogP contribution in [0.4, 0.5) is 0 Å². The number of hydrogen-bond acceptors (Lipinski definition) is 3. The van der Waals surface area contributed by atoms with Crippen LogP contribution in [0.1, 0.15) is 18.4 Å². The number of phenols is 1. The minimum absolute atomic E-state index is 0.148. The molecule has 1 atom stereocenters. The first-order valence-corrected chi connectivity index (χ1v) is 6.89. The molecule has 0 aromatic heterocycles. The van der Waals surface area contributed by atoms with Crippen molar-refractivity contribution in [3.8, 4) is 5.75 Å². The molecule has 1 saturated heterocycles. The first-order valence-electron chi connectivity index (χ1n) is 6.52. The fourth-order valence-electron chi connectivity index (χ4n) is 2.52. The number of benzene rings is 1. The van der Waals surface area contributed by atoms with Crippen molar-refractivity contribution in [3.05, 3.63) is 28.8 Å². The summed E-state index contributed by atoms with van der Waals surface area (Å²) >= 11 is 5.88. The number of phenolic OH excluding ortho intramolecular Hbond substituents is 1. The molecule has 0 aliphatic carbocycles. The summed E-state index contributed by atoms with van der Waals surface area (Å²) in [5.74, 6) is 0.894. The second-order valence-electron chi connectivity index (χ2n) is 5.19. The third kappa shape index (κ3) is 3.87. The van der Waals surface area contributed by atoms with E-state index in [0.29, 0.717) is 5.02 Å². The van der Waals surface area contributed by atoms with Gasteiger partial charge < -0.3 is 15.3 Å². The molecule has 0 spiro atoms. The van der Waals surface area contributed by atoms with Crippen LogP contribution < -0.4 is 5.32 Å². The summed E-state index contributed by atoms with van der Waals surface area (Å²) in [6.45, 7) is 4.26. The number of piperidine rings is 1. The smallest absolute Gasteiger partial charge is 0.134 e. The Morgan fingerprint density at radius 1 is 1.50 bits per heavy atom. The van der Waals surface area contributed by atoms with Gasteiger partial charge in [0.15, 0.2) is 0 Å². The summed E-state index contributed by atoms with van der Waals surface area (Å²) in [5.41, 5.74) is 1.11. The van der Waals surface area contributed by atoms with Gasteiger partial charge in [0.25, 0.3) is 0 Å². The quantitative estimate of drug-likeness (QED) is 0.881. The normalized spacial score (nSPS) is 21.1. The molecule has 0 bridgehead atoms. The molecule has 3 nitrogen and oxygen atoms in total. The van der Waals surface area contributed by atoms with Gasteiger partial charge in [0.1, 0.15) is 5.75 Å². The average Bonchev–Trinajstić information content (AvgIpc) is 2.34. The lowest BCUT2D eigenvalue weighted by molar-refractivity contribution is 0.206. The lowest BCUT2D eigenvalue weighted by Gasteiger charge is -2.29. The molecule has 2 rings (SSSR count). The van der Waals surface area contributed by atoms with Crippen LogP contribution in [0.15, 0.2) is 18.2 Å². The van der Waals surface area contributed by atoms with E-state index in [-0.39, 0.29) is 5.75 Å². The second kappa shape index (κ2) is 6.41. The van der Waals surface area contributed by atoms with Crippen molar-refractivity contribution in [2.24, 2.45) is 5.92 Å². The summed E-state index contributed by atoms with van der Waals surface area (Å²) in [6, 6.07) is 5.37. The molecule has 0 saturated carbocycles. The first-order chi connectivity index (χ1) is 8.65. The van der Waals surface area contributed by atoms with Crippen molar-refractivity contribution in [1.82, 2.24) is 10.2 Å². The van der Waals surface area contributed by atoms with E-state index in [1.165, 1.54) is 25.9 Å². The SMILES string of the molecule is CN1CCCC(CNCc2ccc(O)c(Cl)c2)C1. The number of halogens is 1. The maximum Gasteiger partial charge on any atom is 0.134 e. The monoisotopic (exact) mass is 268 g/mol. The standard InChI is InChI=1S/C14H21ClN2O/c1-17-6-2-3-12(10-17)9-16-8-11-4-5-14(18)13(15)7-11/h4-5,7,12,16,18H,2-3,6,8-10H2,1H3. The van der Waals surface area contributed by atoms with Crippen LogP contribution in [-0.4, -0.2) is 36.7 Å². The van der Waals surface area contributed by atoms with Crippen molar-refractivity contribution >= 4 is 11.6 Å². The van der Waals surface area contributed by atoms with Crippen LogP contribution in [0.25, 0.3) is 0 Å². The van der Waals surface area contributed by atoms with Crippen LogP contribution in [0.2, 0.25) is 5.02 Å². The molecule has 4 heteroatoms. The highest BCUT2D eigenvalue weighted by Crippen LogP contribution is 2.23. The van der Waals surface area contributed by atoms with Crippen LogP contribution >= 0.6 is 11.6 Å². The molecule has 0 radical (unpaired) electrons. The minimum Gasteiger partial charge on any atom is -0.506 e. The Balaban J connectivity index is 1.76. The molecule has 1 fully saturated rings. The average molecular weight is 269 g/mol. The van der Waals surface area contributed by atoms with E-state index in [9.17, 15) is 5.11 Å². The zero-order chi connectivity index (χ0) is 13.0. The van der Waals surface area contributed by atoms with E-state index in [0.717, 1.165) is 24.6 Å². The fraction of sp³-hybridized carbons (Fsp3) is 0.571. The molecular formula is C14H21ClN2O. The molecule has 1 aromatic rings. The molecule has 1 unspecified atom stereocenters. The Morgan fingerprint density at radius 3 is 3.06 bits per heavy atom. The highest BCUT2D eigenvalue weighted by atomic mass is 35.5. The molecular weight excluding hydrogens is 248 g/mol. The van der Waals surface area contributed by atoms with Crippen molar-refractivity contribution in [2.75, 3.05) is 26.7 Å². The first kappa shape index (κ1) is 13.7. The van der Waals surface area contributed by atoms with Gasteiger partial charge in [-0.05, 0) is 56.6 Å². The number of nitrogens with zero attached hydrogens (tertiary/aromatic N) is 1. The molecule has 18 heavy (non-hydrogen) atoms. The van der Waals surface area contributed by atoms with E-state index in [1.54, 1.807) is 6.07 Å². The zero-order valence-electron chi connectivity index (χ0n) is 10.8. The van der Waals surface area contributed by atoms with E-state index < -0.39 is 0 Å².